The Kier molecular flexibility index (Phi) is 5.15. The third-order valence-corrected chi connectivity index (χ3v) is 4.02. The van der Waals surface area contributed by atoms with Crippen molar-refractivity contribution in [2.24, 2.45) is 10.2 Å². The van der Waals surface area contributed by atoms with E-state index in [-0.39, 0.29) is 11.2 Å². The number of thioether (sulfide) groups is 1. The molecule has 1 saturated heterocycles. The second-order valence-corrected chi connectivity index (χ2v) is 5.42. The predicted molar refractivity (Wildman–Crippen MR) is 80.5 cm³/mol. The lowest BCUT2D eigenvalue weighted by atomic mass is 10.1. The molecule has 1 aliphatic heterocycles. The zero-order valence-corrected chi connectivity index (χ0v) is 11.7. The lowest BCUT2D eigenvalue weighted by Crippen LogP contribution is -2.24. The number of benzene rings is 1. The standard InChI is InChI=1S/C14H17N3OS/c1-2-12-13(18)16-14(19-12)17-15-10-6-9-11-7-4-3-5-8-11/h3-5,7-8,10,12H,2,6,9H2,1H3,(H,16,17,18)/b15-10+. The highest BCUT2D eigenvalue weighted by Gasteiger charge is 2.28. The maximum Gasteiger partial charge on any atom is 0.239 e. The number of nitrogens with one attached hydrogen (secondary N) is 1. The van der Waals surface area contributed by atoms with E-state index in [1.54, 1.807) is 6.21 Å². The van der Waals surface area contributed by atoms with Gasteiger partial charge in [-0.1, -0.05) is 49.0 Å². The molecule has 0 aromatic heterocycles. The predicted octanol–water partition coefficient (Wildman–Crippen LogP) is 2.60. The zero-order valence-electron chi connectivity index (χ0n) is 10.9. The van der Waals surface area contributed by atoms with Gasteiger partial charge in [-0.05, 0) is 24.8 Å². The Morgan fingerprint density at radius 3 is 2.84 bits per heavy atom. The molecule has 1 atom stereocenters. The molecule has 100 valence electrons. The molecule has 19 heavy (non-hydrogen) atoms. The van der Waals surface area contributed by atoms with Gasteiger partial charge in [0.1, 0.15) is 0 Å². The Bertz CT molecular complexity index is 485. The molecule has 5 heteroatoms. The Morgan fingerprint density at radius 1 is 1.37 bits per heavy atom. The molecule has 2 rings (SSSR count). The highest BCUT2D eigenvalue weighted by molar-refractivity contribution is 8.15. The van der Waals surface area contributed by atoms with Gasteiger partial charge >= 0.3 is 0 Å². The van der Waals surface area contributed by atoms with Gasteiger partial charge in [0.05, 0.1) is 5.25 Å². The molecule has 1 aromatic rings. The summed E-state index contributed by atoms with van der Waals surface area (Å²) in [6, 6.07) is 10.3. The van der Waals surface area contributed by atoms with Crippen LogP contribution in [0.15, 0.2) is 40.5 Å². The smallest absolute Gasteiger partial charge is 0.239 e. The van der Waals surface area contributed by atoms with Crippen molar-refractivity contribution in [3.63, 3.8) is 0 Å². The Hall–Kier alpha value is -1.62. The summed E-state index contributed by atoms with van der Waals surface area (Å²) in [5.41, 5.74) is 1.29. The molecule has 1 aliphatic rings. The van der Waals surface area contributed by atoms with Crippen molar-refractivity contribution < 1.29 is 4.79 Å². The highest BCUT2D eigenvalue weighted by atomic mass is 32.2. The number of carbonyl (C=O) groups excluding carboxylic acids is 1. The quantitative estimate of drug-likeness (QED) is 0.663. The van der Waals surface area contributed by atoms with E-state index in [1.165, 1.54) is 17.3 Å². The van der Waals surface area contributed by atoms with Crippen molar-refractivity contribution in [1.82, 2.24) is 5.32 Å². The number of carbonyl (C=O) groups is 1. The van der Waals surface area contributed by atoms with E-state index in [2.05, 4.69) is 27.7 Å². The van der Waals surface area contributed by atoms with Crippen LogP contribution in [0.5, 0.6) is 0 Å². The zero-order chi connectivity index (χ0) is 13.5. The van der Waals surface area contributed by atoms with Crippen molar-refractivity contribution in [2.45, 2.75) is 31.4 Å². The molecular formula is C14H17N3OS. The summed E-state index contributed by atoms with van der Waals surface area (Å²) in [5.74, 6) is 0.0331. The summed E-state index contributed by atoms with van der Waals surface area (Å²) in [7, 11) is 0. The third-order valence-electron chi connectivity index (χ3n) is 2.78. The molecule has 1 fully saturated rings. The second-order valence-electron chi connectivity index (χ2n) is 4.23. The van der Waals surface area contributed by atoms with E-state index >= 15 is 0 Å². The minimum atomic E-state index is -0.0155. The number of hydrogen-bond acceptors (Lipinski definition) is 4. The van der Waals surface area contributed by atoms with Crippen LogP contribution in [-0.4, -0.2) is 22.5 Å². The van der Waals surface area contributed by atoms with Gasteiger partial charge in [-0.3, -0.25) is 4.79 Å². The first-order valence-electron chi connectivity index (χ1n) is 6.40. The monoisotopic (exact) mass is 275 g/mol. The third kappa shape index (κ3) is 4.21. The van der Waals surface area contributed by atoms with Crippen LogP contribution in [0.1, 0.15) is 25.3 Å². The average Bonchev–Trinajstić information content (AvgIpc) is 2.80. The molecule has 1 aromatic carbocycles. The lowest BCUT2D eigenvalue weighted by molar-refractivity contribution is -0.118. The van der Waals surface area contributed by atoms with Gasteiger partial charge in [0.15, 0.2) is 5.17 Å². The first kappa shape index (κ1) is 13.8. The van der Waals surface area contributed by atoms with Gasteiger partial charge in [-0.15, -0.1) is 5.10 Å². The van der Waals surface area contributed by atoms with Gasteiger partial charge in [0.2, 0.25) is 5.91 Å². The van der Waals surface area contributed by atoms with Gasteiger partial charge < -0.3 is 5.32 Å². The van der Waals surface area contributed by atoms with Gasteiger partial charge in [-0.2, -0.15) is 5.10 Å². The van der Waals surface area contributed by atoms with Crippen molar-refractivity contribution in [1.29, 1.82) is 0 Å². The first-order chi connectivity index (χ1) is 9.29. The van der Waals surface area contributed by atoms with Crippen molar-refractivity contribution in [2.75, 3.05) is 0 Å². The van der Waals surface area contributed by atoms with Crippen molar-refractivity contribution in [3.05, 3.63) is 35.9 Å². The van der Waals surface area contributed by atoms with Crippen LogP contribution in [0.4, 0.5) is 0 Å². The summed E-state index contributed by atoms with van der Waals surface area (Å²) in [6.07, 6.45) is 4.39. The fourth-order valence-electron chi connectivity index (χ4n) is 1.75. The summed E-state index contributed by atoms with van der Waals surface area (Å²) in [6.45, 7) is 1.99. The van der Waals surface area contributed by atoms with Crippen LogP contribution >= 0.6 is 11.8 Å². The molecule has 0 spiro atoms. The van der Waals surface area contributed by atoms with E-state index in [0.717, 1.165) is 19.3 Å². The number of aryl methyl sites for hydroxylation is 1. The van der Waals surface area contributed by atoms with Crippen LogP contribution in [0.25, 0.3) is 0 Å². The normalized spacial score (nSPS) is 21.2. The van der Waals surface area contributed by atoms with E-state index in [1.807, 2.05) is 25.1 Å². The number of amides is 1. The van der Waals surface area contributed by atoms with E-state index in [4.69, 9.17) is 0 Å². The van der Waals surface area contributed by atoms with E-state index < -0.39 is 0 Å². The Balaban J connectivity index is 1.76. The van der Waals surface area contributed by atoms with Crippen LogP contribution in [0.3, 0.4) is 0 Å². The fourth-order valence-corrected chi connectivity index (χ4v) is 2.60. The fraction of sp³-hybridized carbons (Fsp3) is 0.357. The minimum Gasteiger partial charge on any atom is -0.303 e. The summed E-state index contributed by atoms with van der Waals surface area (Å²) >= 11 is 1.45. The molecule has 0 bridgehead atoms. The number of hydrogen-bond donors (Lipinski definition) is 1. The number of amidine groups is 1. The molecule has 4 nitrogen and oxygen atoms in total. The van der Waals surface area contributed by atoms with Crippen LogP contribution in [-0.2, 0) is 11.2 Å². The van der Waals surface area contributed by atoms with Crippen LogP contribution < -0.4 is 5.32 Å². The lowest BCUT2D eigenvalue weighted by Gasteiger charge is -1.96. The second kappa shape index (κ2) is 7.09. The molecule has 0 aliphatic carbocycles. The van der Waals surface area contributed by atoms with Crippen molar-refractivity contribution in [3.8, 4) is 0 Å². The topological polar surface area (TPSA) is 53.8 Å². The van der Waals surface area contributed by atoms with E-state index in [0.29, 0.717) is 5.17 Å². The molecule has 1 N–H and O–H groups in total. The molecule has 1 heterocycles. The first-order valence-corrected chi connectivity index (χ1v) is 7.28. The Morgan fingerprint density at radius 2 is 2.16 bits per heavy atom. The largest absolute Gasteiger partial charge is 0.303 e. The molecule has 1 amide bonds. The van der Waals surface area contributed by atoms with Gasteiger partial charge in [0.25, 0.3) is 0 Å². The molecular weight excluding hydrogens is 258 g/mol. The maximum atomic E-state index is 11.4. The van der Waals surface area contributed by atoms with Gasteiger partial charge in [0, 0.05) is 6.21 Å². The average molecular weight is 275 g/mol. The highest BCUT2D eigenvalue weighted by Crippen LogP contribution is 2.21. The van der Waals surface area contributed by atoms with Crippen LogP contribution in [0, 0.1) is 0 Å². The van der Waals surface area contributed by atoms with Crippen LogP contribution in [0.2, 0.25) is 0 Å². The summed E-state index contributed by atoms with van der Waals surface area (Å²) in [4.78, 5) is 11.4. The molecule has 1 unspecified atom stereocenters. The molecule has 0 radical (unpaired) electrons. The summed E-state index contributed by atoms with van der Waals surface area (Å²) in [5, 5.41) is 11.3. The molecule has 0 saturated carbocycles. The van der Waals surface area contributed by atoms with E-state index in [9.17, 15) is 4.79 Å². The SMILES string of the molecule is CCC1S/C(=N/N=C/CCc2ccccc2)NC1=O. The maximum absolute atomic E-state index is 11.4. The number of rotatable bonds is 5. The van der Waals surface area contributed by atoms with Gasteiger partial charge in [-0.25, -0.2) is 0 Å². The number of nitrogens with zero attached hydrogens (tertiary/aromatic N) is 2. The van der Waals surface area contributed by atoms with Crippen molar-refractivity contribution >= 4 is 29.1 Å². The Labute approximate surface area is 117 Å². The summed E-state index contributed by atoms with van der Waals surface area (Å²) < 4.78 is 0. The minimum absolute atomic E-state index is 0.0155.